The Morgan fingerprint density at radius 2 is 1.38 bits per heavy atom. The van der Waals surface area contributed by atoms with Crippen LogP contribution >= 0.6 is 0 Å². The van der Waals surface area contributed by atoms with Gasteiger partial charge in [0, 0.05) is 19.3 Å². The highest BCUT2D eigenvalue weighted by molar-refractivity contribution is 5.66. The minimum Gasteiger partial charge on any atom is -0.466 e. The third-order valence-corrected chi connectivity index (χ3v) is 13.6. The molecule has 4 nitrogen and oxygen atoms in total. The van der Waals surface area contributed by atoms with E-state index in [4.69, 9.17) is 9.47 Å². The number of ether oxygens (including phenoxy) is 2. The third kappa shape index (κ3) is 4.48. The third-order valence-electron chi connectivity index (χ3n) is 13.6. The van der Waals surface area contributed by atoms with Gasteiger partial charge in [-0.25, -0.2) is 0 Å². The molecule has 0 aromatic carbocycles. The highest BCUT2D eigenvalue weighted by Gasteiger charge is 2.70. The van der Waals surface area contributed by atoms with E-state index >= 15 is 0 Å². The van der Waals surface area contributed by atoms with Gasteiger partial charge in [-0.1, -0.05) is 48.5 Å². The van der Waals surface area contributed by atoms with Gasteiger partial charge in [-0.3, -0.25) is 9.59 Å². The molecule has 0 radical (unpaired) electrons. The highest BCUT2D eigenvalue weighted by atomic mass is 16.5. The molecule has 0 spiro atoms. The first kappa shape index (κ1) is 28.9. The molecule has 4 heteroatoms. The van der Waals surface area contributed by atoms with Crippen LogP contribution < -0.4 is 0 Å². The van der Waals surface area contributed by atoms with Crippen molar-refractivity contribution in [2.75, 3.05) is 6.61 Å². The molecule has 4 rings (SSSR count). The summed E-state index contributed by atoms with van der Waals surface area (Å²) in [6, 6.07) is 0. The fourth-order valence-corrected chi connectivity index (χ4v) is 11.0. The molecule has 0 N–H and O–H groups in total. The molecule has 0 bridgehead atoms. The second-order valence-electron chi connectivity index (χ2n) is 15.9. The average molecular weight is 517 g/mol. The molecular weight excluding hydrogens is 460 g/mol. The molecule has 0 aromatic rings. The lowest BCUT2D eigenvalue weighted by Gasteiger charge is -2.74. The summed E-state index contributed by atoms with van der Waals surface area (Å²) in [4.78, 5) is 23.7. The Morgan fingerprint density at radius 1 is 0.784 bits per heavy atom. The van der Waals surface area contributed by atoms with E-state index in [1.807, 2.05) is 0 Å². The zero-order chi connectivity index (χ0) is 27.7. The van der Waals surface area contributed by atoms with Crippen LogP contribution in [0.3, 0.4) is 0 Å². The summed E-state index contributed by atoms with van der Waals surface area (Å²) in [5, 5.41) is 0. The SMILES string of the molecule is CC(=O)OCC[C@@H]1[C@@](C)([C@@H](C)OC(C)=O)CC[C@H]2[C@@]1(C)CC[C@@]1(C)[C@@H]3CC(C)(C)CC[C@]3(C)CC[C@]21C. The Labute approximate surface area is 227 Å². The van der Waals surface area contributed by atoms with E-state index in [0.29, 0.717) is 40.1 Å². The quantitative estimate of drug-likeness (QED) is 0.344. The topological polar surface area (TPSA) is 52.6 Å². The summed E-state index contributed by atoms with van der Waals surface area (Å²) in [6.07, 6.45) is 12.2. The molecule has 4 saturated carbocycles. The van der Waals surface area contributed by atoms with E-state index in [1.54, 1.807) is 0 Å². The lowest BCUT2D eigenvalue weighted by atomic mass is 9.31. The highest BCUT2D eigenvalue weighted by Crippen LogP contribution is 2.77. The van der Waals surface area contributed by atoms with E-state index in [9.17, 15) is 9.59 Å². The van der Waals surface area contributed by atoms with Gasteiger partial charge >= 0.3 is 11.9 Å². The van der Waals surface area contributed by atoms with Crippen molar-refractivity contribution >= 4 is 11.9 Å². The van der Waals surface area contributed by atoms with Gasteiger partial charge in [0.1, 0.15) is 6.10 Å². The van der Waals surface area contributed by atoms with Crippen molar-refractivity contribution in [2.24, 2.45) is 50.2 Å². The molecule has 0 aliphatic heterocycles. The number of fused-ring (bicyclic) bond motifs is 5. The van der Waals surface area contributed by atoms with Gasteiger partial charge in [0.15, 0.2) is 0 Å². The number of esters is 2. The number of carbonyl (C=O) groups is 2. The smallest absolute Gasteiger partial charge is 0.302 e. The van der Waals surface area contributed by atoms with Crippen LogP contribution in [0.1, 0.15) is 133 Å². The Hall–Kier alpha value is -1.06. The second-order valence-corrected chi connectivity index (χ2v) is 15.9. The maximum absolute atomic E-state index is 12.0. The normalized spacial score (nSPS) is 47.6. The molecule has 0 aromatic heterocycles. The lowest BCUT2D eigenvalue weighted by molar-refractivity contribution is -0.259. The van der Waals surface area contributed by atoms with Crippen LogP contribution in [0.25, 0.3) is 0 Å². The molecule has 0 amide bonds. The minimum absolute atomic E-state index is 0.128. The summed E-state index contributed by atoms with van der Waals surface area (Å²) in [5.74, 6) is 1.34. The molecule has 0 unspecified atom stereocenters. The Bertz CT molecular complexity index is 910. The first-order valence-corrected chi connectivity index (χ1v) is 15.2. The second kappa shape index (κ2) is 9.26. The van der Waals surface area contributed by atoms with Crippen LogP contribution in [-0.4, -0.2) is 24.6 Å². The van der Waals surface area contributed by atoms with Gasteiger partial charge in [0.05, 0.1) is 6.61 Å². The van der Waals surface area contributed by atoms with Crippen LogP contribution in [0, 0.1) is 50.2 Å². The zero-order valence-electron chi connectivity index (χ0n) is 25.7. The van der Waals surface area contributed by atoms with E-state index in [-0.39, 0.29) is 28.9 Å². The maximum Gasteiger partial charge on any atom is 0.302 e. The fraction of sp³-hybridized carbons (Fsp3) is 0.939. The zero-order valence-corrected chi connectivity index (χ0v) is 25.7. The lowest BCUT2D eigenvalue weighted by Crippen LogP contribution is -2.67. The van der Waals surface area contributed by atoms with Crippen LogP contribution in [-0.2, 0) is 19.1 Å². The van der Waals surface area contributed by atoms with E-state index < -0.39 is 0 Å². The van der Waals surface area contributed by atoms with E-state index in [2.05, 4.69) is 55.4 Å². The van der Waals surface area contributed by atoms with Crippen molar-refractivity contribution in [3.05, 3.63) is 0 Å². The summed E-state index contributed by atoms with van der Waals surface area (Å²) in [5.41, 5.74) is 1.55. The number of hydrogen-bond acceptors (Lipinski definition) is 4. The minimum atomic E-state index is -0.207. The molecule has 9 atom stereocenters. The van der Waals surface area contributed by atoms with Crippen molar-refractivity contribution in [2.45, 2.75) is 140 Å². The largest absolute Gasteiger partial charge is 0.466 e. The summed E-state index contributed by atoms with van der Waals surface area (Å²) < 4.78 is 11.4. The molecule has 4 aliphatic rings. The van der Waals surface area contributed by atoms with Gasteiger partial charge in [-0.15, -0.1) is 0 Å². The van der Waals surface area contributed by atoms with Crippen molar-refractivity contribution in [3.63, 3.8) is 0 Å². The Kier molecular flexibility index (Phi) is 7.24. The summed E-state index contributed by atoms with van der Waals surface area (Å²) >= 11 is 0. The van der Waals surface area contributed by atoms with Gasteiger partial charge in [-0.05, 0) is 116 Å². The standard InChI is InChI=1S/C33H56O4/c1-22(37-24(3)35)30(7)13-11-26-31(8,25(30)12-20-36-23(2)34)17-19-33(10)27-21-28(4,5)14-15-29(27,6)16-18-32(26,33)9/h22,25-27H,11-21H2,1-10H3/t22-,25-,26+,27-,29-,30-,31+,32-,33+/m1/s1. The number of hydrogen-bond donors (Lipinski definition) is 0. The van der Waals surface area contributed by atoms with Gasteiger partial charge in [0.25, 0.3) is 0 Å². The maximum atomic E-state index is 12.0. The van der Waals surface area contributed by atoms with Crippen LogP contribution in [0.5, 0.6) is 0 Å². The van der Waals surface area contributed by atoms with Gasteiger partial charge in [0.2, 0.25) is 0 Å². The molecule has 0 saturated heterocycles. The Morgan fingerprint density at radius 3 is 2.00 bits per heavy atom. The number of rotatable bonds is 5. The summed E-state index contributed by atoms with van der Waals surface area (Å²) in [6.45, 7) is 23.4. The van der Waals surface area contributed by atoms with Gasteiger partial charge < -0.3 is 9.47 Å². The fourth-order valence-electron chi connectivity index (χ4n) is 11.0. The first-order valence-electron chi connectivity index (χ1n) is 15.2. The van der Waals surface area contributed by atoms with Crippen molar-refractivity contribution < 1.29 is 19.1 Å². The monoisotopic (exact) mass is 516 g/mol. The molecule has 0 heterocycles. The molecule has 37 heavy (non-hydrogen) atoms. The van der Waals surface area contributed by atoms with Crippen molar-refractivity contribution in [3.8, 4) is 0 Å². The molecule has 212 valence electrons. The Balaban J connectivity index is 1.73. The van der Waals surface area contributed by atoms with Crippen LogP contribution in [0.4, 0.5) is 0 Å². The van der Waals surface area contributed by atoms with Crippen molar-refractivity contribution in [1.29, 1.82) is 0 Å². The van der Waals surface area contributed by atoms with Crippen LogP contribution in [0.2, 0.25) is 0 Å². The van der Waals surface area contributed by atoms with E-state index in [1.165, 1.54) is 65.2 Å². The average Bonchev–Trinajstić information content (AvgIpc) is 2.78. The van der Waals surface area contributed by atoms with E-state index in [0.717, 1.165) is 18.8 Å². The van der Waals surface area contributed by atoms with Crippen molar-refractivity contribution in [1.82, 2.24) is 0 Å². The first-order chi connectivity index (χ1) is 16.9. The predicted molar refractivity (Wildman–Crippen MR) is 149 cm³/mol. The summed E-state index contributed by atoms with van der Waals surface area (Å²) in [7, 11) is 0. The van der Waals surface area contributed by atoms with Crippen LogP contribution in [0.15, 0.2) is 0 Å². The molecule has 4 fully saturated rings. The number of carbonyl (C=O) groups excluding carboxylic acids is 2. The molecular formula is C33H56O4. The predicted octanol–water partition coefficient (Wildman–Crippen LogP) is 8.36. The molecule has 4 aliphatic carbocycles. The van der Waals surface area contributed by atoms with Gasteiger partial charge in [-0.2, -0.15) is 0 Å².